The van der Waals surface area contributed by atoms with Gasteiger partial charge in [0.15, 0.2) is 5.78 Å². The first-order valence-corrected chi connectivity index (χ1v) is 5.59. The second kappa shape index (κ2) is 7.55. The molecule has 0 unspecified atom stereocenters. The van der Waals surface area contributed by atoms with E-state index in [1.54, 1.807) is 0 Å². The average Bonchev–Trinajstić information content (AvgIpc) is 2.43. The number of nitro groups is 1. The molecule has 8 heteroatoms. The lowest BCUT2D eigenvalue weighted by molar-refractivity contribution is -0.384. The van der Waals surface area contributed by atoms with Gasteiger partial charge in [-0.25, -0.2) is 0 Å². The molecule has 0 aliphatic rings. The number of nitrogens with zero attached hydrogens (tertiary/aromatic N) is 3. The Labute approximate surface area is 113 Å². The van der Waals surface area contributed by atoms with Crippen molar-refractivity contribution in [3.8, 4) is 0 Å². The summed E-state index contributed by atoms with van der Waals surface area (Å²) < 4.78 is 4.84. The van der Waals surface area contributed by atoms with E-state index < -0.39 is 23.1 Å². The molecule has 0 saturated heterocycles. The monoisotopic (exact) mass is 277 g/mol. The molecule has 20 heavy (non-hydrogen) atoms. The Kier molecular flexibility index (Phi) is 5.74. The highest BCUT2D eigenvalue weighted by Crippen LogP contribution is 2.12. The fourth-order valence-electron chi connectivity index (χ4n) is 1.30. The van der Waals surface area contributed by atoms with Crippen molar-refractivity contribution in [1.29, 1.82) is 0 Å². The van der Waals surface area contributed by atoms with Gasteiger partial charge >= 0.3 is 5.97 Å². The molecule has 1 aromatic rings. The van der Waals surface area contributed by atoms with Crippen LogP contribution >= 0.6 is 0 Å². The number of benzene rings is 1. The Bertz CT molecular complexity index is 561. The summed E-state index contributed by atoms with van der Waals surface area (Å²) in [6.45, 7) is -0.0712. The van der Waals surface area contributed by atoms with E-state index in [1.807, 2.05) is 0 Å². The van der Waals surface area contributed by atoms with Crippen LogP contribution in [0, 0.1) is 10.1 Å². The summed E-state index contributed by atoms with van der Waals surface area (Å²) in [6.07, 6.45) is 0.411. The van der Waals surface area contributed by atoms with Gasteiger partial charge in [-0.3, -0.25) is 19.7 Å². The van der Waals surface area contributed by atoms with E-state index in [2.05, 4.69) is 4.79 Å². The minimum atomic E-state index is -0.709. The summed E-state index contributed by atoms with van der Waals surface area (Å²) in [6, 6.07) is 5.52. The number of esters is 1. The first-order valence-electron chi connectivity index (χ1n) is 5.59. The average molecular weight is 277 g/mol. The minimum absolute atomic E-state index is 0.0569. The van der Waals surface area contributed by atoms with Crippen LogP contribution in [0.1, 0.15) is 18.4 Å². The molecule has 0 aliphatic carbocycles. The summed E-state index contributed by atoms with van der Waals surface area (Å²) in [5.41, 5.74) is 8.64. The fourth-order valence-corrected chi connectivity index (χ4v) is 1.30. The number of ketones is 1. The van der Waals surface area contributed by atoms with E-state index >= 15 is 0 Å². The van der Waals surface area contributed by atoms with Crippen molar-refractivity contribution >= 4 is 23.7 Å². The maximum Gasteiger partial charge on any atom is 0.313 e. The second-order valence-corrected chi connectivity index (χ2v) is 3.80. The van der Waals surface area contributed by atoms with E-state index in [4.69, 9.17) is 10.3 Å². The van der Waals surface area contributed by atoms with Crippen LogP contribution in [0.25, 0.3) is 5.53 Å². The number of nitro benzene ring substituents is 1. The third-order valence-electron chi connectivity index (χ3n) is 2.29. The van der Waals surface area contributed by atoms with Crippen LogP contribution in [0.4, 0.5) is 5.69 Å². The molecule has 0 amide bonds. The van der Waals surface area contributed by atoms with E-state index in [1.165, 1.54) is 24.3 Å². The lowest BCUT2D eigenvalue weighted by atomic mass is 10.2. The van der Waals surface area contributed by atoms with E-state index in [-0.39, 0.29) is 18.7 Å². The number of hydrogen-bond donors (Lipinski definition) is 0. The van der Waals surface area contributed by atoms with Gasteiger partial charge in [0.25, 0.3) is 11.9 Å². The normalized spacial score (nSPS) is 9.40. The van der Waals surface area contributed by atoms with Crippen molar-refractivity contribution in [2.24, 2.45) is 0 Å². The first-order chi connectivity index (χ1) is 9.52. The largest absolute Gasteiger partial charge is 0.460 e. The molecule has 0 N–H and O–H groups in total. The van der Waals surface area contributed by atoms with E-state index in [9.17, 15) is 19.7 Å². The molecule has 0 spiro atoms. The van der Waals surface area contributed by atoms with Crippen molar-refractivity contribution in [2.45, 2.75) is 19.4 Å². The molecule has 0 saturated carbocycles. The van der Waals surface area contributed by atoms with Crippen LogP contribution in [0.2, 0.25) is 0 Å². The maximum atomic E-state index is 11.3. The zero-order chi connectivity index (χ0) is 15.0. The lowest BCUT2D eigenvalue weighted by Gasteiger charge is -2.03. The summed E-state index contributed by atoms with van der Waals surface area (Å²) in [5.74, 6) is -1.14. The molecule has 0 aromatic heterocycles. The van der Waals surface area contributed by atoms with Gasteiger partial charge in [0.1, 0.15) is 19.4 Å². The minimum Gasteiger partial charge on any atom is -0.460 e. The Hall–Kier alpha value is -2.86. The van der Waals surface area contributed by atoms with E-state index in [0.29, 0.717) is 5.56 Å². The second-order valence-electron chi connectivity index (χ2n) is 3.80. The Morgan fingerprint density at radius 1 is 1.35 bits per heavy atom. The number of hydrogen-bond acceptors (Lipinski definition) is 5. The molecule has 1 aromatic carbocycles. The van der Waals surface area contributed by atoms with Crippen LogP contribution in [-0.2, 0) is 20.9 Å². The molecule has 0 radical (unpaired) electrons. The maximum absolute atomic E-state index is 11.3. The Morgan fingerprint density at radius 2 is 2.00 bits per heavy atom. The molecule has 104 valence electrons. The number of non-ortho nitro benzene ring substituents is 1. The zero-order valence-corrected chi connectivity index (χ0v) is 10.4. The third kappa shape index (κ3) is 5.19. The Morgan fingerprint density at radius 3 is 2.55 bits per heavy atom. The van der Waals surface area contributed by atoms with Crippen LogP contribution in [0.5, 0.6) is 0 Å². The van der Waals surface area contributed by atoms with E-state index in [0.717, 1.165) is 6.21 Å². The Balaban J connectivity index is 2.42. The smallest absolute Gasteiger partial charge is 0.313 e. The predicted molar refractivity (Wildman–Crippen MR) is 66.8 cm³/mol. The lowest BCUT2D eigenvalue weighted by Crippen LogP contribution is -2.11. The number of rotatable bonds is 7. The number of Topliss-reactive ketones (excluding diaryl/α,β-unsaturated/α-hetero) is 1. The number of ether oxygens (including phenoxy) is 1. The van der Waals surface area contributed by atoms with Gasteiger partial charge in [-0.05, 0) is 17.7 Å². The van der Waals surface area contributed by atoms with Gasteiger partial charge in [-0.2, -0.15) is 4.79 Å². The molecule has 0 fully saturated rings. The summed E-state index contributed by atoms with van der Waals surface area (Å²) in [7, 11) is 0. The summed E-state index contributed by atoms with van der Waals surface area (Å²) >= 11 is 0. The van der Waals surface area contributed by atoms with Crippen molar-refractivity contribution in [2.75, 3.05) is 0 Å². The topological polar surface area (TPSA) is 123 Å². The van der Waals surface area contributed by atoms with Gasteiger partial charge in [0.2, 0.25) is 0 Å². The van der Waals surface area contributed by atoms with Crippen molar-refractivity contribution in [3.63, 3.8) is 0 Å². The summed E-state index contributed by atoms with van der Waals surface area (Å²) in [5, 5.41) is 10.4. The molecule has 8 nitrogen and oxygen atoms in total. The molecule has 0 heterocycles. The van der Waals surface area contributed by atoms with Gasteiger partial charge < -0.3 is 10.3 Å². The number of carbonyl (C=O) groups excluding carboxylic acids is 2. The zero-order valence-electron chi connectivity index (χ0n) is 10.4. The highest BCUT2D eigenvalue weighted by molar-refractivity contribution is 6.00. The van der Waals surface area contributed by atoms with Crippen molar-refractivity contribution in [3.05, 3.63) is 45.5 Å². The highest BCUT2D eigenvalue weighted by Gasteiger charge is 2.11. The SMILES string of the molecule is [N-]=[N+]=CCC(=O)CC(=O)OCc1ccc([N+](=O)[O-])cc1. The molecule has 0 aliphatic heterocycles. The fraction of sp³-hybridized carbons (Fsp3) is 0.250. The standard InChI is InChI=1S/C12H11N3O5/c13-14-6-5-11(16)7-12(17)20-8-9-1-3-10(4-2-9)15(18)19/h1-4,6H,5,7-8H2. The third-order valence-corrected chi connectivity index (χ3v) is 2.29. The van der Waals surface area contributed by atoms with Gasteiger partial charge in [-0.1, -0.05) is 0 Å². The van der Waals surface area contributed by atoms with Gasteiger partial charge in [0.05, 0.1) is 4.92 Å². The van der Waals surface area contributed by atoms with Crippen molar-refractivity contribution < 1.29 is 24.0 Å². The predicted octanol–water partition coefficient (Wildman–Crippen LogP) is 1.29. The van der Waals surface area contributed by atoms with Crippen LogP contribution < -0.4 is 0 Å². The molecular weight excluding hydrogens is 266 g/mol. The van der Waals surface area contributed by atoms with Crippen LogP contribution in [-0.4, -0.2) is 27.7 Å². The molecule has 0 bridgehead atoms. The van der Waals surface area contributed by atoms with Crippen molar-refractivity contribution in [1.82, 2.24) is 0 Å². The highest BCUT2D eigenvalue weighted by atomic mass is 16.6. The first kappa shape index (κ1) is 15.2. The molecule has 0 atom stereocenters. The quantitative estimate of drug-likeness (QED) is 0.141. The van der Waals surface area contributed by atoms with Crippen LogP contribution in [0.3, 0.4) is 0 Å². The van der Waals surface area contributed by atoms with Gasteiger partial charge in [-0.15, -0.1) is 0 Å². The molecular formula is C12H11N3O5. The van der Waals surface area contributed by atoms with Gasteiger partial charge in [0, 0.05) is 12.1 Å². The number of carbonyl (C=O) groups is 2. The molecule has 1 rings (SSSR count). The van der Waals surface area contributed by atoms with Crippen LogP contribution in [0.15, 0.2) is 24.3 Å². The summed E-state index contributed by atoms with van der Waals surface area (Å²) in [4.78, 5) is 35.0.